The molecule has 0 bridgehead atoms. The topological polar surface area (TPSA) is 51.2 Å². The molecular formula is C12H14O3S. The average molecular weight is 238 g/mol. The third-order valence-corrected chi connectivity index (χ3v) is 5.38. The predicted molar refractivity (Wildman–Crippen MR) is 61.3 cm³/mol. The predicted octanol–water partition coefficient (Wildman–Crippen LogP) is 2.22. The van der Waals surface area contributed by atoms with E-state index in [9.17, 15) is 13.2 Å². The van der Waals surface area contributed by atoms with Crippen LogP contribution >= 0.6 is 0 Å². The van der Waals surface area contributed by atoms with Gasteiger partial charge in [0.25, 0.3) is 0 Å². The molecule has 0 N–H and O–H groups in total. The molecule has 3 nitrogen and oxygen atoms in total. The molecular weight excluding hydrogens is 224 g/mol. The molecule has 4 heteroatoms. The highest BCUT2D eigenvalue weighted by Gasteiger charge is 2.34. The SMILES string of the molecule is CC(=O)c1ccccc1S(=O)(=O)C1CCC1. The highest BCUT2D eigenvalue weighted by Crippen LogP contribution is 2.32. The van der Waals surface area contributed by atoms with Crippen LogP contribution in [-0.4, -0.2) is 19.5 Å². The molecule has 0 heterocycles. The van der Waals surface area contributed by atoms with E-state index >= 15 is 0 Å². The second kappa shape index (κ2) is 4.01. The van der Waals surface area contributed by atoms with Crippen molar-refractivity contribution < 1.29 is 13.2 Å². The second-order valence-corrected chi connectivity index (χ2v) is 6.35. The molecule has 1 aliphatic carbocycles. The maximum Gasteiger partial charge on any atom is 0.181 e. The number of hydrogen-bond donors (Lipinski definition) is 0. The van der Waals surface area contributed by atoms with Gasteiger partial charge < -0.3 is 0 Å². The van der Waals surface area contributed by atoms with Crippen molar-refractivity contribution in [3.8, 4) is 0 Å². The lowest BCUT2D eigenvalue weighted by molar-refractivity contribution is 0.101. The molecule has 0 atom stereocenters. The fraction of sp³-hybridized carbons (Fsp3) is 0.417. The minimum atomic E-state index is -3.30. The van der Waals surface area contributed by atoms with E-state index in [1.54, 1.807) is 18.2 Å². The van der Waals surface area contributed by atoms with Crippen molar-refractivity contribution in [3.05, 3.63) is 29.8 Å². The van der Waals surface area contributed by atoms with Gasteiger partial charge in [-0.25, -0.2) is 8.42 Å². The van der Waals surface area contributed by atoms with E-state index < -0.39 is 9.84 Å². The quantitative estimate of drug-likeness (QED) is 0.759. The van der Waals surface area contributed by atoms with Crippen LogP contribution in [0.25, 0.3) is 0 Å². The van der Waals surface area contributed by atoms with Crippen molar-refractivity contribution >= 4 is 15.6 Å². The Morgan fingerprint density at radius 3 is 2.38 bits per heavy atom. The average Bonchev–Trinajstić information content (AvgIpc) is 2.14. The van der Waals surface area contributed by atoms with Crippen LogP contribution in [0.3, 0.4) is 0 Å². The lowest BCUT2D eigenvalue weighted by atomic mass is 10.00. The fourth-order valence-corrected chi connectivity index (χ4v) is 3.97. The number of carbonyl (C=O) groups excluding carboxylic acids is 1. The summed E-state index contributed by atoms with van der Waals surface area (Å²) in [5.41, 5.74) is 0.314. The smallest absolute Gasteiger partial charge is 0.181 e. The second-order valence-electron chi connectivity index (χ2n) is 4.15. The molecule has 0 aromatic heterocycles. The van der Waals surface area contributed by atoms with Crippen LogP contribution in [0, 0.1) is 0 Å². The fourth-order valence-electron chi connectivity index (χ4n) is 1.87. The van der Waals surface area contributed by atoms with Gasteiger partial charge in [0.1, 0.15) is 0 Å². The van der Waals surface area contributed by atoms with E-state index in [1.165, 1.54) is 13.0 Å². The van der Waals surface area contributed by atoms with Crippen LogP contribution in [-0.2, 0) is 9.84 Å². The van der Waals surface area contributed by atoms with Crippen LogP contribution in [0.2, 0.25) is 0 Å². The molecule has 86 valence electrons. The summed E-state index contributed by atoms with van der Waals surface area (Å²) in [4.78, 5) is 11.6. The lowest BCUT2D eigenvalue weighted by Crippen LogP contribution is -2.29. The van der Waals surface area contributed by atoms with Crippen LogP contribution in [0.5, 0.6) is 0 Å². The number of carbonyl (C=O) groups is 1. The molecule has 1 saturated carbocycles. The summed E-state index contributed by atoms with van der Waals surface area (Å²) in [7, 11) is -3.30. The first kappa shape index (κ1) is 11.3. The van der Waals surface area contributed by atoms with Crippen molar-refractivity contribution in [1.82, 2.24) is 0 Å². The van der Waals surface area contributed by atoms with Gasteiger partial charge in [0.2, 0.25) is 0 Å². The molecule has 0 amide bonds. The standard InChI is InChI=1S/C12H14O3S/c1-9(13)11-7-2-3-8-12(11)16(14,15)10-5-4-6-10/h2-3,7-8,10H,4-6H2,1H3. The van der Waals surface area contributed by atoms with Gasteiger partial charge in [-0.1, -0.05) is 24.6 Å². The largest absolute Gasteiger partial charge is 0.294 e. The van der Waals surface area contributed by atoms with Gasteiger partial charge in [-0.2, -0.15) is 0 Å². The summed E-state index contributed by atoms with van der Waals surface area (Å²) in [6.07, 6.45) is 2.40. The summed E-state index contributed by atoms with van der Waals surface area (Å²) in [5, 5.41) is -0.284. The molecule has 0 spiro atoms. The van der Waals surface area contributed by atoms with Crippen LogP contribution in [0.1, 0.15) is 36.5 Å². The van der Waals surface area contributed by atoms with Crippen molar-refractivity contribution in [2.45, 2.75) is 36.3 Å². The van der Waals surface area contributed by atoms with E-state index in [0.717, 1.165) is 6.42 Å². The number of sulfone groups is 1. The maximum atomic E-state index is 12.2. The van der Waals surface area contributed by atoms with Crippen molar-refractivity contribution in [2.24, 2.45) is 0 Å². The molecule has 0 aliphatic heterocycles. The first-order valence-electron chi connectivity index (χ1n) is 5.37. The Labute approximate surface area is 95.4 Å². The van der Waals surface area contributed by atoms with Gasteiger partial charge in [0.05, 0.1) is 10.1 Å². The molecule has 0 radical (unpaired) electrons. The van der Waals surface area contributed by atoms with Crippen LogP contribution in [0.4, 0.5) is 0 Å². The Balaban J connectivity index is 2.51. The van der Waals surface area contributed by atoms with Crippen LogP contribution in [0.15, 0.2) is 29.2 Å². The Bertz CT molecular complexity index is 513. The summed E-state index contributed by atoms with van der Waals surface area (Å²) in [6.45, 7) is 1.40. The number of rotatable bonds is 3. The monoisotopic (exact) mass is 238 g/mol. The van der Waals surface area contributed by atoms with Crippen LogP contribution < -0.4 is 0 Å². The molecule has 0 saturated heterocycles. The van der Waals surface area contributed by atoms with Crippen molar-refractivity contribution in [2.75, 3.05) is 0 Å². The number of hydrogen-bond acceptors (Lipinski definition) is 3. The first-order valence-corrected chi connectivity index (χ1v) is 6.92. The minimum Gasteiger partial charge on any atom is -0.294 e. The highest BCUT2D eigenvalue weighted by atomic mass is 32.2. The Morgan fingerprint density at radius 1 is 1.25 bits per heavy atom. The molecule has 1 aliphatic rings. The third kappa shape index (κ3) is 1.78. The van der Waals surface area contributed by atoms with Gasteiger partial charge in [0.15, 0.2) is 15.6 Å². The molecule has 2 rings (SSSR count). The Hall–Kier alpha value is -1.16. The molecule has 0 unspecified atom stereocenters. The summed E-state index contributed by atoms with van der Waals surface area (Å²) >= 11 is 0. The van der Waals surface area contributed by atoms with Gasteiger partial charge in [0, 0.05) is 5.56 Å². The summed E-state index contributed by atoms with van der Waals surface area (Å²) in [6, 6.07) is 6.47. The van der Waals surface area contributed by atoms with E-state index in [2.05, 4.69) is 0 Å². The molecule has 1 aromatic rings. The van der Waals surface area contributed by atoms with Crippen molar-refractivity contribution in [1.29, 1.82) is 0 Å². The van der Waals surface area contributed by atoms with E-state index in [-0.39, 0.29) is 15.9 Å². The zero-order chi connectivity index (χ0) is 11.8. The van der Waals surface area contributed by atoms with E-state index in [1.807, 2.05) is 0 Å². The van der Waals surface area contributed by atoms with Gasteiger partial charge in [-0.3, -0.25) is 4.79 Å². The van der Waals surface area contributed by atoms with Crippen molar-refractivity contribution in [3.63, 3.8) is 0 Å². The Morgan fingerprint density at radius 2 is 1.88 bits per heavy atom. The molecule has 16 heavy (non-hydrogen) atoms. The lowest BCUT2D eigenvalue weighted by Gasteiger charge is -2.25. The van der Waals surface area contributed by atoms with Gasteiger partial charge in [-0.15, -0.1) is 0 Å². The normalized spacial score (nSPS) is 16.8. The third-order valence-electron chi connectivity index (χ3n) is 3.06. The molecule has 1 fully saturated rings. The van der Waals surface area contributed by atoms with Gasteiger partial charge in [-0.05, 0) is 25.8 Å². The summed E-state index contributed by atoms with van der Waals surface area (Å²) < 4.78 is 24.4. The molecule has 1 aromatic carbocycles. The maximum absolute atomic E-state index is 12.2. The zero-order valence-corrected chi connectivity index (χ0v) is 9.96. The van der Waals surface area contributed by atoms with Gasteiger partial charge >= 0.3 is 0 Å². The number of ketones is 1. The minimum absolute atomic E-state index is 0.196. The highest BCUT2D eigenvalue weighted by molar-refractivity contribution is 7.92. The van der Waals surface area contributed by atoms with E-state index in [0.29, 0.717) is 18.4 Å². The number of Topliss-reactive ketones (excluding diaryl/α,β-unsaturated/α-hetero) is 1. The Kier molecular flexibility index (Phi) is 2.84. The number of benzene rings is 1. The zero-order valence-electron chi connectivity index (χ0n) is 9.14. The first-order chi connectivity index (χ1) is 7.53. The summed E-state index contributed by atoms with van der Waals surface area (Å²) in [5.74, 6) is -0.196. The van der Waals surface area contributed by atoms with E-state index in [4.69, 9.17) is 0 Å².